The SMILES string of the molecule is Cc1ccccc1-n1nnc2oc(=O)c3ccccc3c21. The average molecular weight is 277 g/mol. The van der Waals surface area contributed by atoms with Crippen LogP contribution in [0.3, 0.4) is 0 Å². The van der Waals surface area contributed by atoms with Crippen molar-refractivity contribution in [3.05, 3.63) is 64.5 Å². The van der Waals surface area contributed by atoms with Crippen molar-refractivity contribution in [1.82, 2.24) is 15.0 Å². The van der Waals surface area contributed by atoms with E-state index >= 15 is 0 Å². The van der Waals surface area contributed by atoms with Crippen molar-refractivity contribution in [2.24, 2.45) is 0 Å². The molecule has 0 atom stereocenters. The highest BCUT2D eigenvalue weighted by molar-refractivity contribution is 6.01. The minimum absolute atomic E-state index is 0.252. The van der Waals surface area contributed by atoms with Crippen molar-refractivity contribution >= 4 is 22.0 Å². The molecule has 2 aromatic carbocycles. The van der Waals surface area contributed by atoms with E-state index in [-0.39, 0.29) is 5.71 Å². The van der Waals surface area contributed by atoms with Crippen molar-refractivity contribution in [2.75, 3.05) is 0 Å². The molecular formula is C16H11N3O2. The topological polar surface area (TPSA) is 60.9 Å². The van der Waals surface area contributed by atoms with E-state index in [0.29, 0.717) is 10.9 Å². The van der Waals surface area contributed by atoms with Crippen molar-refractivity contribution in [3.63, 3.8) is 0 Å². The van der Waals surface area contributed by atoms with Gasteiger partial charge in [0.15, 0.2) is 0 Å². The zero-order chi connectivity index (χ0) is 14.4. The van der Waals surface area contributed by atoms with Gasteiger partial charge in [0.05, 0.1) is 11.1 Å². The summed E-state index contributed by atoms with van der Waals surface area (Å²) >= 11 is 0. The van der Waals surface area contributed by atoms with Crippen LogP contribution in [0, 0.1) is 6.92 Å². The van der Waals surface area contributed by atoms with Crippen LogP contribution in [-0.4, -0.2) is 15.0 Å². The number of hydrogen-bond acceptors (Lipinski definition) is 4. The van der Waals surface area contributed by atoms with Crippen LogP contribution in [0.15, 0.2) is 57.7 Å². The first-order valence-corrected chi connectivity index (χ1v) is 6.59. The molecule has 4 aromatic rings. The van der Waals surface area contributed by atoms with E-state index in [9.17, 15) is 4.79 Å². The molecule has 5 nitrogen and oxygen atoms in total. The van der Waals surface area contributed by atoms with E-state index in [1.807, 2.05) is 49.4 Å². The van der Waals surface area contributed by atoms with Crippen LogP contribution >= 0.6 is 0 Å². The summed E-state index contributed by atoms with van der Waals surface area (Å²) in [6.45, 7) is 2.00. The number of para-hydroxylation sites is 1. The maximum absolute atomic E-state index is 12.0. The number of benzene rings is 2. The molecular weight excluding hydrogens is 266 g/mol. The molecule has 0 aliphatic rings. The Morgan fingerprint density at radius 3 is 2.52 bits per heavy atom. The van der Waals surface area contributed by atoms with Crippen LogP contribution in [0.2, 0.25) is 0 Å². The van der Waals surface area contributed by atoms with Gasteiger partial charge >= 0.3 is 5.63 Å². The highest BCUT2D eigenvalue weighted by Crippen LogP contribution is 2.24. The molecule has 2 heterocycles. The average Bonchev–Trinajstić information content (AvgIpc) is 2.92. The summed E-state index contributed by atoms with van der Waals surface area (Å²) in [4.78, 5) is 12.0. The van der Waals surface area contributed by atoms with E-state index in [0.717, 1.165) is 16.6 Å². The third-order valence-corrected chi connectivity index (χ3v) is 3.57. The molecule has 21 heavy (non-hydrogen) atoms. The molecule has 0 spiro atoms. The summed E-state index contributed by atoms with van der Waals surface area (Å²) < 4.78 is 6.99. The molecule has 0 saturated carbocycles. The quantitative estimate of drug-likeness (QED) is 0.536. The second-order valence-corrected chi connectivity index (χ2v) is 4.88. The number of rotatable bonds is 1. The molecule has 0 fully saturated rings. The first kappa shape index (κ1) is 11.8. The summed E-state index contributed by atoms with van der Waals surface area (Å²) in [6.07, 6.45) is 0. The molecule has 4 rings (SSSR count). The second-order valence-electron chi connectivity index (χ2n) is 4.88. The second kappa shape index (κ2) is 4.28. The highest BCUT2D eigenvalue weighted by Gasteiger charge is 2.15. The van der Waals surface area contributed by atoms with E-state index in [1.54, 1.807) is 10.7 Å². The third kappa shape index (κ3) is 1.67. The van der Waals surface area contributed by atoms with Crippen LogP contribution < -0.4 is 5.63 Å². The van der Waals surface area contributed by atoms with Crippen molar-refractivity contribution in [3.8, 4) is 5.69 Å². The lowest BCUT2D eigenvalue weighted by molar-refractivity contribution is 0.556. The fraction of sp³-hybridized carbons (Fsp3) is 0.0625. The number of aryl methyl sites for hydroxylation is 1. The summed E-state index contributed by atoms with van der Waals surface area (Å²) in [5.41, 5.74) is 2.55. The van der Waals surface area contributed by atoms with E-state index < -0.39 is 5.63 Å². The lowest BCUT2D eigenvalue weighted by Crippen LogP contribution is -2.02. The van der Waals surface area contributed by atoms with Crippen LogP contribution in [-0.2, 0) is 0 Å². The smallest absolute Gasteiger partial charge is 0.345 e. The van der Waals surface area contributed by atoms with Crippen LogP contribution in [0.25, 0.3) is 27.7 Å². The van der Waals surface area contributed by atoms with Gasteiger partial charge in [-0.3, -0.25) is 0 Å². The summed E-state index contributed by atoms with van der Waals surface area (Å²) in [5, 5.41) is 9.46. The highest BCUT2D eigenvalue weighted by atomic mass is 16.4. The van der Waals surface area contributed by atoms with Crippen molar-refractivity contribution < 1.29 is 4.42 Å². The predicted octanol–water partition coefficient (Wildman–Crippen LogP) is 2.84. The van der Waals surface area contributed by atoms with Gasteiger partial charge in [-0.15, -0.1) is 0 Å². The van der Waals surface area contributed by atoms with E-state index in [4.69, 9.17) is 4.42 Å². The van der Waals surface area contributed by atoms with Crippen LogP contribution in [0.5, 0.6) is 0 Å². The molecule has 2 aromatic heterocycles. The Bertz CT molecular complexity index is 1030. The molecule has 0 radical (unpaired) electrons. The largest absolute Gasteiger partial charge is 0.400 e. The van der Waals surface area contributed by atoms with Crippen molar-refractivity contribution in [1.29, 1.82) is 0 Å². The Balaban J connectivity index is 2.20. The van der Waals surface area contributed by atoms with Gasteiger partial charge in [-0.2, -0.15) is 0 Å². The summed E-state index contributed by atoms with van der Waals surface area (Å²) in [6, 6.07) is 15.2. The standard InChI is InChI=1S/C16H11N3O2/c1-10-6-2-5-9-13(10)19-14-11-7-3-4-8-12(11)16(20)21-15(14)17-18-19/h2-9H,1H3. The Kier molecular flexibility index (Phi) is 2.41. The van der Waals surface area contributed by atoms with Crippen LogP contribution in [0.1, 0.15) is 5.56 Å². The third-order valence-electron chi connectivity index (χ3n) is 3.57. The molecule has 0 amide bonds. The lowest BCUT2D eigenvalue weighted by Gasteiger charge is -2.06. The fourth-order valence-electron chi connectivity index (χ4n) is 2.55. The first-order valence-electron chi connectivity index (χ1n) is 6.59. The fourth-order valence-corrected chi connectivity index (χ4v) is 2.55. The zero-order valence-corrected chi connectivity index (χ0v) is 11.3. The van der Waals surface area contributed by atoms with Gasteiger partial charge in [0.25, 0.3) is 5.71 Å². The van der Waals surface area contributed by atoms with E-state index in [2.05, 4.69) is 10.3 Å². The maximum atomic E-state index is 12.0. The van der Waals surface area contributed by atoms with E-state index in [1.165, 1.54) is 0 Å². The Labute approximate surface area is 119 Å². The summed E-state index contributed by atoms with van der Waals surface area (Å²) in [5.74, 6) is 0. The molecule has 0 aliphatic heterocycles. The monoisotopic (exact) mass is 277 g/mol. The van der Waals surface area contributed by atoms with Gasteiger partial charge in [-0.1, -0.05) is 46.7 Å². The minimum atomic E-state index is -0.394. The molecule has 0 unspecified atom stereocenters. The van der Waals surface area contributed by atoms with Gasteiger partial charge in [-0.05, 0) is 24.6 Å². The maximum Gasteiger partial charge on any atom is 0.345 e. The summed E-state index contributed by atoms with van der Waals surface area (Å²) in [7, 11) is 0. The molecule has 0 aliphatic carbocycles. The Morgan fingerprint density at radius 1 is 1.00 bits per heavy atom. The van der Waals surface area contributed by atoms with Gasteiger partial charge in [-0.25, -0.2) is 9.48 Å². The van der Waals surface area contributed by atoms with Gasteiger partial charge in [0.1, 0.15) is 5.52 Å². The normalized spacial score (nSPS) is 11.3. The molecule has 5 heteroatoms. The molecule has 0 bridgehead atoms. The number of nitrogens with zero attached hydrogens (tertiary/aromatic N) is 3. The van der Waals surface area contributed by atoms with Gasteiger partial charge in [0, 0.05) is 5.39 Å². The first-order chi connectivity index (χ1) is 10.3. The number of aromatic nitrogens is 3. The predicted molar refractivity (Wildman–Crippen MR) is 79.6 cm³/mol. The number of fused-ring (bicyclic) bond motifs is 3. The van der Waals surface area contributed by atoms with Crippen molar-refractivity contribution in [2.45, 2.75) is 6.92 Å². The minimum Gasteiger partial charge on any atom is -0.400 e. The lowest BCUT2D eigenvalue weighted by atomic mass is 10.1. The Hall–Kier alpha value is -2.95. The van der Waals surface area contributed by atoms with Gasteiger partial charge < -0.3 is 4.42 Å². The number of hydrogen-bond donors (Lipinski definition) is 0. The van der Waals surface area contributed by atoms with Gasteiger partial charge in [0.2, 0.25) is 0 Å². The zero-order valence-electron chi connectivity index (χ0n) is 11.3. The molecule has 0 N–H and O–H groups in total. The molecule has 0 saturated heterocycles. The Morgan fingerprint density at radius 2 is 1.71 bits per heavy atom. The van der Waals surface area contributed by atoms with Crippen LogP contribution in [0.4, 0.5) is 0 Å². The molecule has 102 valence electrons.